The van der Waals surface area contributed by atoms with Crippen LogP contribution in [-0.4, -0.2) is 30.9 Å². The van der Waals surface area contributed by atoms with Gasteiger partial charge in [-0.2, -0.15) is 5.10 Å². The minimum Gasteiger partial charge on any atom is -0.496 e. The van der Waals surface area contributed by atoms with Crippen LogP contribution in [0.4, 0.5) is 0 Å². The number of ether oxygens (including phenoxy) is 2. The molecule has 0 radical (unpaired) electrons. The van der Waals surface area contributed by atoms with Crippen molar-refractivity contribution in [2.75, 3.05) is 14.2 Å². The maximum Gasteiger partial charge on any atom is 0.271 e. The quantitative estimate of drug-likeness (QED) is 0.269. The third-order valence-electron chi connectivity index (χ3n) is 4.64. The lowest BCUT2D eigenvalue weighted by atomic mass is 10.2. The Bertz CT molecular complexity index is 1130. The molecule has 2 aromatic carbocycles. The van der Waals surface area contributed by atoms with Crippen molar-refractivity contribution in [3.8, 4) is 17.2 Å². The van der Waals surface area contributed by atoms with E-state index in [9.17, 15) is 4.79 Å². The first kappa shape index (κ1) is 22.2. The van der Waals surface area contributed by atoms with Gasteiger partial charge in [-0.1, -0.05) is 11.6 Å². The highest BCUT2D eigenvalue weighted by Crippen LogP contribution is 2.30. The highest BCUT2D eigenvalue weighted by Gasteiger charge is 2.14. The van der Waals surface area contributed by atoms with E-state index in [-0.39, 0.29) is 5.91 Å². The van der Waals surface area contributed by atoms with Gasteiger partial charge in [0, 0.05) is 27.5 Å². The van der Waals surface area contributed by atoms with Crippen LogP contribution in [0.5, 0.6) is 11.5 Å². The van der Waals surface area contributed by atoms with Crippen molar-refractivity contribution in [1.29, 1.82) is 0 Å². The lowest BCUT2D eigenvalue weighted by molar-refractivity contribution is 0.0954. The average molecular weight is 538 g/mol. The van der Waals surface area contributed by atoms with Crippen molar-refractivity contribution in [3.63, 3.8) is 0 Å². The van der Waals surface area contributed by atoms with Crippen LogP contribution < -0.4 is 14.9 Å². The van der Waals surface area contributed by atoms with E-state index in [1.54, 1.807) is 38.6 Å². The first-order valence-corrected chi connectivity index (χ1v) is 10.5. The summed E-state index contributed by atoms with van der Waals surface area (Å²) >= 11 is 8.34. The monoisotopic (exact) mass is 537 g/mol. The summed E-state index contributed by atoms with van der Waals surface area (Å²) in [5, 5.41) is 4.75. The fourth-order valence-corrected chi connectivity index (χ4v) is 3.87. The standard InChI is InChI=1S/C22H21ClIN3O3/c1-13-9-16(14(2)27(13)19-11-17(23)6-8-20(19)29-3)12-25-26-22(28)15-5-7-18(24)21(10-15)30-4/h5-12H,1-4H3,(H,26,28)/b25-12-. The lowest BCUT2D eigenvalue weighted by Gasteiger charge is -2.14. The van der Waals surface area contributed by atoms with Crippen LogP contribution in [0.2, 0.25) is 5.02 Å². The van der Waals surface area contributed by atoms with Crippen LogP contribution in [0.15, 0.2) is 47.6 Å². The fourth-order valence-electron chi connectivity index (χ4n) is 3.15. The number of hydrogen-bond acceptors (Lipinski definition) is 4. The molecule has 0 saturated carbocycles. The van der Waals surface area contributed by atoms with E-state index in [0.717, 1.165) is 26.2 Å². The third kappa shape index (κ3) is 4.62. The zero-order valence-corrected chi connectivity index (χ0v) is 19.9. The zero-order valence-electron chi connectivity index (χ0n) is 17.0. The maximum atomic E-state index is 12.4. The normalized spacial score (nSPS) is 11.0. The zero-order chi connectivity index (χ0) is 21.8. The number of aromatic nitrogens is 1. The molecule has 0 aliphatic carbocycles. The Balaban J connectivity index is 1.83. The molecular formula is C22H21ClIN3O3. The second-order valence-corrected chi connectivity index (χ2v) is 8.13. The molecule has 8 heteroatoms. The SMILES string of the molecule is COc1cc(C(=O)N/N=C\c2cc(C)n(-c3cc(Cl)ccc3OC)c2C)ccc1I. The molecule has 1 aromatic heterocycles. The fraction of sp³-hybridized carbons (Fsp3) is 0.182. The van der Waals surface area contributed by atoms with Crippen molar-refractivity contribution in [2.24, 2.45) is 5.10 Å². The summed E-state index contributed by atoms with van der Waals surface area (Å²) in [7, 11) is 3.19. The van der Waals surface area contributed by atoms with Gasteiger partial charge in [-0.3, -0.25) is 4.79 Å². The predicted octanol–water partition coefficient (Wildman–Crippen LogP) is 5.13. The number of hydrogen-bond donors (Lipinski definition) is 1. The summed E-state index contributed by atoms with van der Waals surface area (Å²) in [6.07, 6.45) is 1.62. The smallest absolute Gasteiger partial charge is 0.271 e. The predicted molar refractivity (Wildman–Crippen MR) is 128 cm³/mol. The van der Waals surface area contributed by atoms with Crippen molar-refractivity contribution in [1.82, 2.24) is 9.99 Å². The average Bonchev–Trinajstić information content (AvgIpc) is 3.01. The number of aryl methyl sites for hydroxylation is 1. The van der Waals surface area contributed by atoms with E-state index >= 15 is 0 Å². The number of carbonyl (C=O) groups is 1. The molecule has 156 valence electrons. The van der Waals surface area contributed by atoms with Gasteiger partial charge in [-0.05, 0) is 78.9 Å². The number of rotatable bonds is 6. The molecule has 0 unspecified atom stereocenters. The van der Waals surface area contributed by atoms with Crippen LogP contribution >= 0.6 is 34.2 Å². The first-order chi connectivity index (χ1) is 14.3. The number of halogens is 2. The van der Waals surface area contributed by atoms with E-state index in [1.165, 1.54) is 0 Å². The van der Waals surface area contributed by atoms with E-state index in [0.29, 0.717) is 22.1 Å². The summed E-state index contributed by atoms with van der Waals surface area (Å²) in [6.45, 7) is 3.96. The Labute approximate surface area is 194 Å². The molecule has 0 atom stereocenters. The Kier molecular flexibility index (Phi) is 7.04. The molecule has 6 nitrogen and oxygen atoms in total. The molecule has 3 aromatic rings. The summed E-state index contributed by atoms with van der Waals surface area (Å²) in [4.78, 5) is 12.4. The van der Waals surface area contributed by atoms with Crippen LogP contribution in [0.1, 0.15) is 27.3 Å². The Morgan fingerprint density at radius 2 is 1.83 bits per heavy atom. The van der Waals surface area contributed by atoms with Crippen LogP contribution in [0.25, 0.3) is 5.69 Å². The number of nitrogens with zero attached hydrogens (tertiary/aromatic N) is 2. The largest absolute Gasteiger partial charge is 0.496 e. The highest BCUT2D eigenvalue weighted by atomic mass is 127. The van der Waals surface area contributed by atoms with Crippen LogP contribution in [0.3, 0.4) is 0 Å². The number of benzene rings is 2. The summed E-state index contributed by atoms with van der Waals surface area (Å²) < 4.78 is 13.7. The highest BCUT2D eigenvalue weighted by molar-refractivity contribution is 14.1. The number of methoxy groups -OCH3 is 2. The van der Waals surface area contributed by atoms with Gasteiger partial charge in [0.25, 0.3) is 5.91 Å². The van der Waals surface area contributed by atoms with E-state index in [2.05, 4.69) is 33.1 Å². The van der Waals surface area contributed by atoms with Gasteiger partial charge in [0.2, 0.25) is 0 Å². The molecule has 0 bridgehead atoms. The van der Waals surface area contributed by atoms with E-state index in [4.69, 9.17) is 21.1 Å². The number of amides is 1. The first-order valence-electron chi connectivity index (χ1n) is 9.05. The van der Waals surface area contributed by atoms with Gasteiger partial charge in [-0.25, -0.2) is 5.43 Å². The number of hydrazone groups is 1. The summed E-state index contributed by atoms with van der Waals surface area (Å²) in [6, 6.07) is 12.7. The number of carbonyl (C=O) groups excluding carboxylic acids is 1. The van der Waals surface area contributed by atoms with Gasteiger partial charge < -0.3 is 14.0 Å². The van der Waals surface area contributed by atoms with Crippen molar-refractivity contribution in [2.45, 2.75) is 13.8 Å². The Hall–Kier alpha value is -2.52. The Morgan fingerprint density at radius 3 is 2.53 bits per heavy atom. The second kappa shape index (κ2) is 9.53. The van der Waals surface area contributed by atoms with Gasteiger partial charge >= 0.3 is 0 Å². The minimum absolute atomic E-state index is 0.314. The lowest BCUT2D eigenvalue weighted by Crippen LogP contribution is -2.17. The van der Waals surface area contributed by atoms with Gasteiger partial charge in [-0.15, -0.1) is 0 Å². The van der Waals surface area contributed by atoms with E-state index in [1.807, 2.05) is 42.7 Å². The Morgan fingerprint density at radius 1 is 1.10 bits per heavy atom. The molecule has 0 fully saturated rings. The van der Waals surface area contributed by atoms with Crippen LogP contribution in [-0.2, 0) is 0 Å². The van der Waals surface area contributed by atoms with Gasteiger partial charge in [0.1, 0.15) is 11.5 Å². The van der Waals surface area contributed by atoms with Gasteiger partial charge in [0.05, 0.1) is 29.7 Å². The van der Waals surface area contributed by atoms with Crippen molar-refractivity contribution in [3.05, 3.63) is 73.6 Å². The van der Waals surface area contributed by atoms with Gasteiger partial charge in [0.15, 0.2) is 0 Å². The molecule has 1 amide bonds. The van der Waals surface area contributed by atoms with Crippen LogP contribution in [0, 0.1) is 17.4 Å². The topological polar surface area (TPSA) is 64.8 Å². The molecular weight excluding hydrogens is 517 g/mol. The molecule has 0 aliphatic heterocycles. The molecule has 30 heavy (non-hydrogen) atoms. The van der Waals surface area contributed by atoms with Crippen molar-refractivity contribution < 1.29 is 14.3 Å². The number of nitrogens with one attached hydrogen (secondary N) is 1. The molecule has 0 saturated heterocycles. The third-order valence-corrected chi connectivity index (χ3v) is 5.76. The molecule has 1 heterocycles. The van der Waals surface area contributed by atoms with Crippen molar-refractivity contribution >= 4 is 46.3 Å². The summed E-state index contributed by atoms with van der Waals surface area (Å²) in [5.41, 5.74) is 6.68. The second-order valence-electron chi connectivity index (χ2n) is 6.53. The summed E-state index contributed by atoms with van der Waals surface area (Å²) in [5.74, 6) is 1.04. The maximum absolute atomic E-state index is 12.4. The molecule has 3 rings (SSSR count). The minimum atomic E-state index is -0.314. The molecule has 0 spiro atoms. The molecule has 1 N–H and O–H groups in total. The van der Waals surface area contributed by atoms with E-state index < -0.39 is 0 Å². The molecule has 0 aliphatic rings.